The fraction of sp³-hybridized carbons (Fsp3) is 0.625. The molecule has 0 amide bonds. The van der Waals surface area contributed by atoms with Crippen LogP contribution in [0.15, 0.2) is 24.3 Å². The lowest BCUT2D eigenvalue weighted by molar-refractivity contribution is -0.137. The Kier molecular flexibility index (Phi) is 4.63. The van der Waals surface area contributed by atoms with Crippen LogP contribution in [0.3, 0.4) is 0 Å². The van der Waals surface area contributed by atoms with Gasteiger partial charge in [-0.05, 0) is 43.9 Å². The van der Waals surface area contributed by atoms with Gasteiger partial charge in [0.25, 0.3) is 0 Å². The summed E-state index contributed by atoms with van der Waals surface area (Å²) in [6, 6.07) is 5.14. The monoisotopic (exact) mass is 301 g/mol. The van der Waals surface area contributed by atoms with E-state index in [0.29, 0.717) is 12.3 Å². The van der Waals surface area contributed by atoms with Crippen LogP contribution in [-0.4, -0.2) is 18.2 Å². The zero-order valence-electron chi connectivity index (χ0n) is 12.5. The fourth-order valence-corrected chi connectivity index (χ4v) is 3.27. The van der Waals surface area contributed by atoms with Crippen LogP contribution in [0.5, 0.6) is 0 Å². The second-order valence-electron chi connectivity index (χ2n) is 6.05. The molecule has 1 heterocycles. The molecule has 0 spiro atoms. The molecule has 0 aliphatic carbocycles. The minimum absolute atomic E-state index is 0.0828. The molecule has 5 heteroatoms. The number of hydrogen-bond acceptors (Lipinski definition) is 2. The average molecular weight is 301 g/mol. The van der Waals surface area contributed by atoms with Gasteiger partial charge in [-0.2, -0.15) is 13.2 Å². The first kappa shape index (κ1) is 16.3. The lowest BCUT2D eigenvalue weighted by atomic mass is 9.81. The molecule has 0 bridgehead atoms. The predicted molar refractivity (Wildman–Crippen MR) is 75.8 cm³/mol. The summed E-state index contributed by atoms with van der Waals surface area (Å²) >= 11 is 0. The van der Waals surface area contributed by atoms with E-state index < -0.39 is 11.7 Å². The quantitative estimate of drug-likeness (QED) is 0.925. The molecule has 2 rings (SSSR count). The molecule has 0 aromatic heterocycles. The van der Waals surface area contributed by atoms with Crippen molar-refractivity contribution >= 4 is 0 Å². The molecule has 1 aromatic rings. The van der Waals surface area contributed by atoms with Crippen molar-refractivity contribution in [3.63, 3.8) is 0 Å². The van der Waals surface area contributed by atoms with Crippen molar-refractivity contribution in [2.45, 2.75) is 51.6 Å². The van der Waals surface area contributed by atoms with Gasteiger partial charge in [0, 0.05) is 12.0 Å². The molecule has 118 valence electrons. The topological polar surface area (TPSA) is 35.2 Å². The first-order valence-corrected chi connectivity index (χ1v) is 7.27. The molecule has 2 nitrogen and oxygen atoms in total. The standard InChI is InChI=1S/C16H22F3NO/c1-9-10(2)21-11(3)15(9)14(20)8-12-4-6-13(7-5-12)16(17,18)19/h4-7,9-11,14-15H,8,20H2,1-3H3. The minimum atomic E-state index is -4.29. The third-order valence-corrected chi connectivity index (χ3v) is 4.57. The predicted octanol–water partition coefficient (Wildman–Crippen LogP) is 3.63. The number of ether oxygens (including phenoxy) is 1. The molecule has 5 atom stereocenters. The molecule has 1 aliphatic heterocycles. The Labute approximate surface area is 123 Å². The second-order valence-corrected chi connectivity index (χ2v) is 6.05. The molecule has 0 radical (unpaired) electrons. The number of nitrogens with two attached hydrogens (primary N) is 1. The highest BCUT2D eigenvalue weighted by atomic mass is 19.4. The second kappa shape index (κ2) is 5.97. The minimum Gasteiger partial charge on any atom is -0.375 e. The molecular formula is C16H22F3NO. The summed E-state index contributed by atoms with van der Waals surface area (Å²) in [5.74, 6) is 0.576. The molecular weight excluding hydrogens is 279 g/mol. The van der Waals surface area contributed by atoms with E-state index in [1.165, 1.54) is 12.1 Å². The molecule has 0 saturated carbocycles. The van der Waals surface area contributed by atoms with E-state index in [4.69, 9.17) is 10.5 Å². The van der Waals surface area contributed by atoms with Crippen LogP contribution in [0.1, 0.15) is 31.9 Å². The number of benzene rings is 1. The zero-order valence-corrected chi connectivity index (χ0v) is 12.5. The Balaban J connectivity index is 2.04. The van der Waals surface area contributed by atoms with E-state index in [9.17, 15) is 13.2 Å². The highest BCUT2D eigenvalue weighted by Gasteiger charge is 2.40. The van der Waals surface area contributed by atoms with Crippen molar-refractivity contribution in [2.75, 3.05) is 0 Å². The third kappa shape index (κ3) is 3.58. The molecule has 1 fully saturated rings. The van der Waals surface area contributed by atoms with Gasteiger partial charge in [0.05, 0.1) is 17.8 Å². The van der Waals surface area contributed by atoms with Crippen molar-refractivity contribution in [1.29, 1.82) is 0 Å². The van der Waals surface area contributed by atoms with Crippen molar-refractivity contribution in [1.82, 2.24) is 0 Å². The maximum atomic E-state index is 12.5. The lowest BCUT2D eigenvalue weighted by Crippen LogP contribution is -2.39. The molecule has 2 N–H and O–H groups in total. The van der Waals surface area contributed by atoms with Crippen LogP contribution in [0.2, 0.25) is 0 Å². The van der Waals surface area contributed by atoms with Crippen molar-refractivity contribution in [3.05, 3.63) is 35.4 Å². The normalized spacial score (nSPS) is 31.4. The van der Waals surface area contributed by atoms with Gasteiger partial charge in [0.1, 0.15) is 0 Å². The molecule has 1 aliphatic rings. The van der Waals surface area contributed by atoms with Crippen LogP contribution < -0.4 is 5.73 Å². The van der Waals surface area contributed by atoms with Crippen molar-refractivity contribution < 1.29 is 17.9 Å². The summed E-state index contributed by atoms with van der Waals surface area (Å²) in [6.07, 6.45) is -3.48. The van der Waals surface area contributed by atoms with E-state index in [2.05, 4.69) is 6.92 Å². The maximum Gasteiger partial charge on any atom is 0.416 e. The number of rotatable bonds is 3. The summed E-state index contributed by atoms with van der Waals surface area (Å²) in [4.78, 5) is 0. The molecule has 21 heavy (non-hydrogen) atoms. The van der Waals surface area contributed by atoms with E-state index in [1.54, 1.807) is 0 Å². The van der Waals surface area contributed by atoms with Crippen LogP contribution in [-0.2, 0) is 17.3 Å². The zero-order chi connectivity index (χ0) is 15.8. The Morgan fingerprint density at radius 3 is 2.10 bits per heavy atom. The van der Waals surface area contributed by atoms with Crippen LogP contribution in [0.25, 0.3) is 0 Å². The maximum absolute atomic E-state index is 12.5. The lowest BCUT2D eigenvalue weighted by Gasteiger charge is -2.25. The summed E-state index contributed by atoms with van der Waals surface area (Å²) in [5, 5.41) is 0. The van der Waals surface area contributed by atoms with E-state index in [0.717, 1.165) is 17.7 Å². The first-order valence-electron chi connectivity index (χ1n) is 7.27. The van der Waals surface area contributed by atoms with Gasteiger partial charge >= 0.3 is 6.18 Å². The SMILES string of the molecule is CC1OC(C)C(C(N)Cc2ccc(C(F)(F)F)cc2)C1C. The van der Waals surface area contributed by atoms with Gasteiger partial charge in [0.2, 0.25) is 0 Å². The largest absolute Gasteiger partial charge is 0.416 e. The van der Waals surface area contributed by atoms with Gasteiger partial charge < -0.3 is 10.5 Å². The Morgan fingerprint density at radius 2 is 1.67 bits per heavy atom. The summed E-state index contributed by atoms with van der Waals surface area (Å²) in [5.41, 5.74) is 6.48. The fourth-order valence-electron chi connectivity index (χ4n) is 3.27. The Morgan fingerprint density at radius 1 is 1.10 bits per heavy atom. The first-order chi connectivity index (χ1) is 9.70. The van der Waals surface area contributed by atoms with Crippen molar-refractivity contribution in [3.8, 4) is 0 Å². The van der Waals surface area contributed by atoms with Gasteiger partial charge in [-0.25, -0.2) is 0 Å². The van der Waals surface area contributed by atoms with E-state index in [1.807, 2.05) is 13.8 Å². The Hall–Kier alpha value is -1.07. The number of halogens is 3. The molecule has 5 unspecified atom stereocenters. The molecule has 1 aromatic carbocycles. The van der Waals surface area contributed by atoms with Gasteiger partial charge in [-0.3, -0.25) is 0 Å². The third-order valence-electron chi connectivity index (χ3n) is 4.57. The van der Waals surface area contributed by atoms with Crippen LogP contribution >= 0.6 is 0 Å². The van der Waals surface area contributed by atoms with Gasteiger partial charge in [0.15, 0.2) is 0 Å². The van der Waals surface area contributed by atoms with Crippen LogP contribution in [0.4, 0.5) is 13.2 Å². The summed E-state index contributed by atoms with van der Waals surface area (Å²) < 4.78 is 43.4. The molecule has 1 saturated heterocycles. The summed E-state index contributed by atoms with van der Waals surface area (Å²) in [6.45, 7) is 6.16. The van der Waals surface area contributed by atoms with E-state index >= 15 is 0 Å². The van der Waals surface area contributed by atoms with Gasteiger partial charge in [-0.15, -0.1) is 0 Å². The van der Waals surface area contributed by atoms with Gasteiger partial charge in [-0.1, -0.05) is 19.1 Å². The van der Waals surface area contributed by atoms with E-state index in [-0.39, 0.29) is 24.2 Å². The summed E-state index contributed by atoms with van der Waals surface area (Å²) in [7, 11) is 0. The highest BCUT2D eigenvalue weighted by Crippen LogP contribution is 2.35. The highest BCUT2D eigenvalue weighted by molar-refractivity contribution is 5.25. The number of hydrogen-bond donors (Lipinski definition) is 1. The van der Waals surface area contributed by atoms with Crippen molar-refractivity contribution in [2.24, 2.45) is 17.6 Å². The average Bonchev–Trinajstić information content (AvgIpc) is 2.62. The number of alkyl halides is 3. The smallest absolute Gasteiger partial charge is 0.375 e. The van der Waals surface area contributed by atoms with Crippen LogP contribution in [0, 0.1) is 11.8 Å². The Bertz CT molecular complexity index is 471.